The number of anilines is 1. The lowest BCUT2D eigenvalue weighted by Crippen LogP contribution is -2.13. The normalized spacial score (nSPS) is 11.7. The highest BCUT2D eigenvalue weighted by molar-refractivity contribution is 7.92. The first kappa shape index (κ1) is 24.9. The van der Waals surface area contributed by atoms with Gasteiger partial charge in [-0.05, 0) is 55.0 Å². The van der Waals surface area contributed by atoms with Gasteiger partial charge >= 0.3 is 0 Å². The van der Waals surface area contributed by atoms with Gasteiger partial charge in [0.05, 0.1) is 17.5 Å². The van der Waals surface area contributed by atoms with E-state index in [0.29, 0.717) is 23.4 Å². The van der Waals surface area contributed by atoms with Crippen molar-refractivity contribution in [2.24, 2.45) is 10.2 Å². The predicted molar refractivity (Wildman–Crippen MR) is 138 cm³/mol. The number of nitrogens with zero attached hydrogens (tertiary/aromatic N) is 3. The van der Waals surface area contributed by atoms with Crippen LogP contribution in [0.25, 0.3) is 10.9 Å². The molecule has 3 aromatic carbocycles. The molecular formula is C26H26N4O5S. The van der Waals surface area contributed by atoms with E-state index in [1.165, 1.54) is 31.4 Å². The molecule has 0 fully saturated rings. The number of aryl methyl sites for hydroxylation is 1. The zero-order valence-electron chi connectivity index (χ0n) is 19.9. The van der Waals surface area contributed by atoms with Crippen LogP contribution in [0.1, 0.15) is 30.1 Å². The van der Waals surface area contributed by atoms with Crippen molar-refractivity contribution in [1.82, 2.24) is 4.57 Å². The largest absolute Gasteiger partial charge is 0.497 e. The van der Waals surface area contributed by atoms with Crippen LogP contribution < -0.4 is 9.46 Å². The molecule has 0 saturated heterocycles. The van der Waals surface area contributed by atoms with E-state index >= 15 is 0 Å². The summed E-state index contributed by atoms with van der Waals surface area (Å²) in [6.07, 6.45) is 1.82. The molecule has 0 aliphatic carbocycles. The minimum absolute atomic E-state index is 0.0468. The molecule has 0 aliphatic rings. The number of benzene rings is 3. The number of ether oxygens (including phenoxy) is 1. The van der Waals surface area contributed by atoms with Gasteiger partial charge in [-0.25, -0.2) is 8.42 Å². The molecule has 0 radical (unpaired) electrons. The second-order valence-corrected chi connectivity index (χ2v) is 9.74. The Labute approximate surface area is 209 Å². The molecule has 0 saturated carbocycles. The minimum Gasteiger partial charge on any atom is -0.497 e. The number of aromatic nitrogens is 1. The van der Waals surface area contributed by atoms with Crippen molar-refractivity contribution in [3.63, 3.8) is 0 Å². The number of unbranched alkanes of at least 4 members (excludes halogenated alkanes) is 1. The molecule has 186 valence electrons. The fourth-order valence-electron chi connectivity index (χ4n) is 3.74. The van der Waals surface area contributed by atoms with Crippen LogP contribution in [0.4, 0.5) is 11.4 Å². The van der Waals surface area contributed by atoms with E-state index in [1.54, 1.807) is 34.9 Å². The van der Waals surface area contributed by atoms with Crippen molar-refractivity contribution in [3.05, 3.63) is 78.4 Å². The van der Waals surface area contributed by atoms with Crippen LogP contribution in [0.3, 0.4) is 0 Å². The van der Waals surface area contributed by atoms with Crippen molar-refractivity contribution in [2.75, 3.05) is 11.8 Å². The molecule has 1 aromatic heterocycles. The van der Waals surface area contributed by atoms with Crippen LogP contribution in [0, 0.1) is 0 Å². The molecule has 0 spiro atoms. The molecule has 0 atom stereocenters. The molecule has 1 heterocycles. The summed E-state index contributed by atoms with van der Waals surface area (Å²) >= 11 is 0. The van der Waals surface area contributed by atoms with Gasteiger partial charge in [0.25, 0.3) is 15.9 Å². The summed E-state index contributed by atoms with van der Waals surface area (Å²) in [6, 6.07) is 19.3. The van der Waals surface area contributed by atoms with Crippen LogP contribution in [0.5, 0.6) is 11.6 Å². The van der Waals surface area contributed by atoms with E-state index in [-0.39, 0.29) is 22.0 Å². The summed E-state index contributed by atoms with van der Waals surface area (Å²) in [6.45, 7) is 2.66. The predicted octanol–water partition coefficient (Wildman–Crippen LogP) is 5.88. The number of fused-ring (bicyclic) bond motifs is 1. The molecule has 36 heavy (non-hydrogen) atoms. The summed E-state index contributed by atoms with van der Waals surface area (Å²) in [5, 5.41) is 19.2. The van der Waals surface area contributed by atoms with E-state index in [9.17, 15) is 18.3 Å². The Bertz CT molecular complexity index is 1530. The maximum Gasteiger partial charge on any atom is 0.295 e. The summed E-state index contributed by atoms with van der Waals surface area (Å²) in [5.74, 6) is -0.210. The third-order valence-corrected chi connectivity index (χ3v) is 7.01. The Kier molecular flexibility index (Phi) is 7.35. The van der Waals surface area contributed by atoms with Crippen molar-refractivity contribution < 1.29 is 23.1 Å². The molecule has 0 bridgehead atoms. The van der Waals surface area contributed by atoms with Crippen molar-refractivity contribution >= 4 is 38.2 Å². The second-order valence-electron chi connectivity index (χ2n) is 8.06. The standard InChI is InChI=1S/C26H26N4O5S/c1-3-4-16-30-23-11-6-5-10-22(23)24(26(30)32)27-28-25(31)18-8-7-9-21(17-18)36(33,34)29-19-12-14-20(35-2)15-13-19/h5-15,17,29,32H,3-4,16H2,1-2H3. The van der Waals surface area contributed by atoms with E-state index in [1.807, 2.05) is 18.2 Å². The van der Waals surface area contributed by atoms with Crippen LogP contribution >= 0.6 is 0 Å². The highest BCUT2D eigenvalue weighted by Gasteiger charge is 2.19. The number of nitrogens with one attached hydrogen (secondary N) is 1. The second kappa shape index (κ2) is 10.6. The molecule has 9 nitrogen and oxygen atoms in total. The number of azo groups is 1. The van der Waals surface area contributed by atoms with Gasteiger partial charge in [0.15, 0.2) is 5.69 Å². The average Bonchev–Trinajstić information content (AvgIpc) is 3.16. The minimum atomic E-state index is -3.96. The smallest absolute Gasteiger partial charge is 0.295 e. The molecular weight excluding hydrogens is 480 g/mol. The third-order valence-electron chi connectivity index (χ3n) is 5.63. The lowest BCUT2D eigenvalue weighted by atomic mass is 10.2. The topological polar surface area (TPSA) is 122 Å². The van der Waals surface area contributed by atoms with Gasteiger partial charge in [0.1, 0.15) is 5.75 Å². The summed E-state index contributed by atoms with van der Waals surface area (Å²) in [4.78, 5) is 12.7. The fourth-order valence-corrected chi connectivity index (χ4v) is 4.84. The highest BCUT2D eigenvalue weighted by atomic mass is 32.2. The molecule has 10 heteroatoms. The van der Waals surface area contributed by atoms with Crippen LogP contribution in [-0.2, 0) is 16.6 Å². The van der Waals surface area contributed by atoms with Crippen LogP contribution in [0.2, 0.25) is 0 Å². The third kappa shape index (κ3) is 5.23. The van der Waals surface area contributed by atoms with Crippen molar-refractivity contribution in [2.45, 2.75) is 31.2 Å². The van der Waals surface area contributed by atoms with Gasteiger partial charge in [0.2, 0.25) is 5.88 Å². The Balaban J connectivity index is 1.58. The number of carbonyl (C=O) groups is 1. The molecule has 4 rings (SSSR count). The fraction of sp³-hybridized carbons (Fsp3) is 0.192. The van der Waals surface area contributed by atoms with E-state index in [4.69, 9.17) is 4.74 Å². The van der Waals surface area contributed by atoms with E-state index < -0.39 is 15.9 Å². The first-order chi connectivity index (χ1) is 17.3. The number of hydrogen-bond donors (Lipinski definition) is 2. The zero-order chi connectivity index (χ0) is 25.7. The molecule has 0 unspecified atom stereocenters. The number of sulfonamides is 1. The lowest BCUT2D eigenvalue weighted by Gasteiger charge is -2.09. The van der Waals surface area contributed by atoms with Gasteiger partial charge in [-0.15, -0.1) is 10.2 Å². The first-order valence-corrected chi connectivity index (χ1v) is 12.9. The average molecular weight is 507 g/mol. The Morgan fingerprint density at radius 3 is 2.53 bits per heavy atom. The summed E-state index contributed by atoms with van der Waals surface area (Å²) < 4.78 is 35.0. The number of rotatable bonds is 9. The van der Waals surface area contributed by atoms with Crippen molar-refractivity contribution in [3.8, 4) is 11.6 Å². The monoisotopic (exact) mass is 506 g/mol. The Morgan fingerprint density at radius 2 is 1.81 bits per heavy atom. The van der Waals surface area contributed by atoms with Gasteiger partial charge in [-0.1, -0.05) is 37.6 Å². The maximum atomic E-state index is 12.8. The van der Waals surface area contributed by atoms with Gasteiger partial charge in [-0.2, -0.15) is 0 Å². The van der Waals surface area contributed by atoms with Crippen LogP contribution in [-0.4, -0.2) is 31.1 Å². The maximum absolute atomic E-state index is 12.8. The van der Waals surface area contributed by atoms with Crippen molar-refractivity contribution in [1.29, 1.82) is 0 Å². The molecule has 1 amide bonds. The van der Waals surface area contributed by atoms with Gasteiger partial charge in [-0.3, -0.25) is 9.52 Å². The number of aromatic hydroxyl groups is 1. The molecule has 4 aromatic rings. The number of para-hydroxylation sites is 1. The highest BCUT2D eigenvalue weighted by Crippen LogP contribution is 2.39. The summed E-state index contributed by atoms with van der Waals surface area (Å²) in [5.41, 5.74) is 1.38. The van der Waals surface area contributed by atoms with Gasteiger partial charge < -0.3 is 14.4 Å². The van der Waals surface area contributed by atoms with E-state index in [2.05, 4.69) is 21.9 Å². The molecule has 0 aliphatic heterocycles. The quantitative estimate of drug-likeness (QED) is 0.275. The lowest BCUT2D eigenvalue weighted by molar-refractivity contribution is 0.0995. The zero-order valence-corrected chi connectivity index (χ0v) is 20.7. The number of amides is 1. The summed E-state index contributed by atoms with van der Waals surface area (Å²) in [7, 11) is -2.44. The SMILES string of the molecule is CCCCn1c(O)c(N=NC(=O)c2cccc(S(=O)(=O)Nc3ccc(OC)cc3)c2)c2ccccc21. The number of methoxy groups -OCH3 is 1. The Hall–Kier alpha value is -4.18. The Morgan fingerprint density at radius 1 is 1.06 bits per heavy atom. The van der Waals surface area contributed by atoms with E-state index in [0.717, 1.165) is 18.4 Å². The first-order valence-electron chi connectivity index (χ1n) is 11.4. The molecule has 2 N–H and O–H groups in total. The van der Waals surface area contributed by atoms with Gasteiger partial charge in [0, 0.05) is 23.2 Å². The van der Waals surface area contributed by atoms with Crippen LogP contribution in [0.15, 0.2) is 87.9 Å². The number of hydrogen-bond acceptors (Lipinski definition) is 6. The number of carbonyl (C=O) groups excluding carboxylic acids is 1.